The Bertz CT molecular complexity index is 784. The molecule has 0 spiro atoms. The van der Waals surface area contributed by atoms with Crippen molar-refractivity contribution in [3.05, 3.63) is 40.3 Å². The second-order valence-electron chi connectivity index (χ2n) is 7.34. The van der Waals surface area contributed by atoms with E-state index in [0.29, 0.717) is 0 Å². The second kappa shape index (κ2) is 5.38. The van der Waals surface area contributed by atoms with Crippen molar-refractivity contribution in [2.45, 2.75) is 57.1 Å². The number of hydrogen-bond acceptors (Lipinski definition) is 3. The summed E-state index contributed by atoms with van der Waals surface area (Å²) in [6, 6.07) is 5.83. The molecule has 1 aromatic heterocycles. The normalized spacial score (nSPS) is 28.0. The number of H-pyrrole nitrogens is 1. The van der Waals surface area contributed by atoms with E-state index in [0.717, 1.165) is 53.7 Å². The van der Waals surface area contributed by atoms with Crippen molar-refractivity contribution in [1.29, 1.82) is 0 Å². The standard InChI is InChI=1S/C19H24N2O2/c1-12-10-16-13(6-9-21-18(16)22)11-17(12)23-15-4-7-19(20,8-5-15)14-2-3-14/h6,9-11,14-15H,2-5,7-8,20H2,1H3,(H,21,22)/t15-,19-. The largest absolute Gasteiger partial charge is 0.490 e. The monoisotopic (exact) mass is 312 g/mol. The van der Waals surface area contributed by atoms with Crippen LogP contribution in [0.4, 0.5) is 0 Å². The predicted octanol–water partition coefficient (Wildman–Crippen LogP) is 3.27. The molecule has 0 unspecified atom stereocenters. The molecule has 0 saturated heterocycles. The van der Waals surface area contributed by atoms with Crippen LogP contribution in [0.25, 0.3) is 10.8 Å². The van der Waals surface area contributed by atoms with Crippen molar-refractivity contribution in [1.82, 2.24) is 4.98 Å². The minimum Gasteiger partial charge on any atom is -0.490 e. The highest BCUT2D eigenvalue weighted by Gasteiger charge is 2.44. The van der Waals surface area contributed by atoms with Gasteiger partial charge in [-0.3, -0.25) is 4.79 Å². The molecule has 4 heteroatoms. The molecule has 1 heterocycles. The molecule has 122 valence electrons. The van der Waals surface area contributed by atoms with Crippen molar-refractivity contribution in [3.8, 4) is 5.75 Å². The SMILES string of the molecule is Cc1cc2c(=O)[nH]ccc2cc1O[C@H]1CC[C@@](N)(C2CC2)CC1. The fraction of sp³-hybridized carbons (Fsp3) is 0.526. The molecule has 0 atom stereocenters. The number of aromatic nitrogens is 1. The summed E-state index contributed by atoms with van der Waals surface area (Å²) >= 11 is 0. The molecule has 0 aliphatic heterocycles. The van der Waals surface area contributed by atoms with E-state index in [4.69, 9.17) is 10.5 Å². The lowest BCUT2D eigenvalue weighted by Gasteiger charge is -2.37. The van der Waals surface area contributed by atoms with Crippen LogP contribution in [0, 0.1) is 12.8 Å². The highest BCUT2D eigenvalue weighted by atomic mass is 16.5. The van der Waals surface area contributed by atoms with Gasteiger partial charge in [0, 0.05) is 17.1 Å². The fourth-order valence-corrected chi connectivity index (χ4v) is 3.94. The lowest BCUT2D eigenvalue weighted by atomic mass is 9.78. The Balaban J connectivity index is 1.52. The van der Waals surface area contributed by atoms with Gasteiger partial charge in [0.2, 0.25) is 0 Å². The van der Waals surface area contributed by atoms with Gasteiger partial charge >= 0.3 is 0 Å². The van der Waals surface area contributed by atoms with Crippen molar-refractivity contribution in [3.63, 3.8) is 0 Å². The zero-order valence-electron chi connectivity index (χ0n) is 13.6. The van der Waals surface area contributed by atoms with Crippen LogP contribution < -0.4 is 16.0 Å². The Morgan fingerprint density at radius 3 is 2.65 bits per heavy atom. The smallest absolute Gasteiger partial charge is 0.255 e. The molecular formula is C19H24N2O2. The van der Waals surface area contributed by atoms with Gasteiger partial charge in [-0.05, 0) is 80.5 Å². The number of aryl methyl sites for hydroxylation is 1. The van der Waals surface area contributed by atoms with Crippen molar-refractivity contribution in [2.75, 3.05) is 0 Å². The maximum Gasteiger partial charge on any atom is 0.255 e. The highest BCUT2D eigenvalue weighted by Crippen LogP contribution is 2.46. The zero-order valence-corrected chi connectivity index (χ0v) is 13.6. The van der Waals surface area contributed by atoms with Gasteiger partial charge in [-0.25, -0.2) is 0 Å². The molecule has 2 aliphatic carbocycles. The van der Waals surface area contributed by atoms with Crippen LogP contribution in [0.15, 0.2) is 29.2 Å². The second-order valence-corrected chi connectivity index (χ2v) is 7.34. The lowest BCUT2D eigenvalue weighted by molar-refractivity contribution is 0.109. The zero-order chi connectivity index (χ0) is 16.0. The number of pyridine rings is 1. The molecule has 3 N–H and O–H groups in total. The number of aromatic amines is 1. The molecule has 2 fully saturated rings. The van der Waals surface area contributed by atoms with Gasteiger partial charge in [0.05, 0.1) is 6.10 Å². The maximum atomic E-state index is 11.9. The van der Waals surface area contributed by atoms with E-state index >= 15 is 0 Å². The molecule has 23 heavy (non-hydrogen) atoms. The first-order valence-electron chi connectivity index (χ1n) is 8.63. The van der Waals surface area contributed by atoms with Crippen LogP contribution >= 0.6 is 0 Å². The summed E-state index contributed by atoms with van der Waals surface area (Å²) in [5.74, 6) is 1.64. The Morgan fingerprint density at radius 1 is 1.22 bits per heavy atom. The molecule has 2 aliphatic rings. The highest BCUT2D eigenvalue weighted by molar-refractivity contribution is 5.83. The third-order valence-corrected chi connectivity index (χ3v) is 5.62. The van der Waals surface area contributed by atoms with E-state index < -0.39 is 0 Å². The van der Waals surface area contributed by atoms with Crippen LogP contribution in [0.5, 0.6) is 5.75 Å². The van der Waals surface area contributed by atoms with Gasteiger partial charge < -0.3 is 15.5 Å². The average molecular weight is 312 g/mol. The first-order chi connectivity index (χ1) is 11.0. The van der Waals surface area contributed by atoms with E-state index in [1.54, 1.807) is 6.20 Å². The summed E-state index contributed by atoms with van der Waals surface area (Å²) in [7, 11) is 0. The van der Waals surface area contributed by atoms with Gasteiger partial charge in [-0.2, -0.15) is 0 Å². The number of nitrogens with two attached hydrogens (primary N) is 1. The number of benzene rings is 1. The Morgan fingerprint density at radius 2 is 1.96 bits per heavy atom. The van der Waals surface area contributed by atoms with Gasteiger partial charge in [0.15, 0.2) is 0 Å². The molecule has 2 aromatic rings. The number of nitrogens with one attached hydrogen (secondary N) is 1. The topological polar surface area (TPSA) is 68.1 Å². The molecule has 4 nitrogen and oxygen atoms in total. The summed E-state index contributed by atoms with van der Waals surface area (Å²) in [6.45, 7) is 2.00. The number of rotatable bonds is 3. The molecule has 0 bridgehead atoms. The Hall–Kier alpha value is -1.81. The molecular weight excluding hydrogens is 288 g/mol. The van der Waals surface area contributed by atoms with Gasteiger partial charge in [0.1, 0.15) is 5.75 Å². The summed E-state index contributed by atoms with van der Waals surface area (Å²) < 4.78 is 6.26. The minimum atomic E-state index is -0.0489. The van der Waals surface area contributed by atoms with Crippen LogP contribution in [-0.2, 0) is 0 Å². The average Bonchev–Trinajstić information content (AvgIpc) is 3.37. The van der Waals surface area contributed by atoms with Crippen LogP contribution in [0.2, 0.25) is 0 Å². The van der Waals surface area contributed by atoms with Crippen LogP contribution in [-0.4, -0.2) is 16.6 Å². The first-order valence-corrected chi connectivity index (χ1v) is 8.63. The van der Waals surface area contributed by atoms with Crippen molar-refractivity contribution < 1.29 is 4.74 Å². The lowest BCUT2D eigenvalue weighted by Crippen LogP contribution is -2.47. The van der Waals surface area contributed by atoms with Crippen molar-refractivity contribution in [2.24, 2.45) is 11.7 Å². The fourth-order valence-electron chi connectivity index (χ4n) is 3.94. The van der Waals surface area contributed by atoms with E-state index in [-0.39, 0.29) is 17.2 Å². The van der Waals surface area contributed by atoms with Crippen molar-refractivity contribution >= 4 is 10.8 Å². The van der Waals surface area contributed by atoms with Gasteiger partial charge in [-0.15, -0.1) is 0 Å². The van der Waals surface area contributed by atoms with E-state index in [9.17, 15) is 4.79 Å². The quantitative estimate of drug-likeness (QED) is 0.914. The maximum absolute atomic E-state index is 11.9. The summed E-state index contributed by atoms with van der Waals surface area (Å²) in [6.07, 6.45) is 8.72. The Kier molecular flexibility index (Phi) is 3.45. The minimum absolute atomic E-state index is 0.0489. The number of fused-ring (bicyclic) bond motifs is 1. The molecule has 1 aromatic carbocycles. The van der Waals surface area contributed by atoms with E-state index in [1.165, 1.54) is 12.8 Å². The first kappa shape index (κ1) is 14.8. The van der Waals surface area contributed by atoms with Crippen LogP contribution in [0.1, 0.15) is 44.1 Å². The number of ether oxygens (including phenoxy) is 1. The third kappa shape index (κ3) is 2.76. The van der Waals surface area contributed by atoms with Gasteiger partial charge in [-0.1, -0.05) is 0 Å². The van der Waals surface area contributed by atoms with E-state index in [2.05, 4.69) is 4.98 Å². The number of hydrogen-bond donors (Lipinski definition) is 2. The molecule has 4 rings (SSSR count). The molecule has 0 radical (unpaired) electrons. The molecule has 0 amide bonds. The summed E-state index contributed by atoms with van der Waals surface area (Å²) in [4.78, 5) is 14.6. The van der Waals surface area contributed by atoms with Gasteiger partial charge in [0.25, 0.3) is 5.56 Å². The third-order valence-electron chi connectivity index (χ3n) is 5.62. The summed E-state index contributed by atoms with van der Waals surface area (Å²) in [5.41, 5.74) is 7.57. The van der Waals surface area contributed by atoms with Crippen LogP contribution in [0.3, 0.4) is 0 Å². The predicted molar refractivity (Wildman–Crippen MR) is 91.8 cm³/mol. The van der Waals surface area contributed by atoms with E-state index in [1.807, 2.05) is 25.1 Å². The summed E-state index contributed by atoms with van der Waals surface area (Å²) in [5, 5.41) is 1.65. The molecule has 2 saturated carbocycles. The Labute approximate surface area is 136 Å².